The largest absolute Gasteiger partial charge is 0.450 e. The topological polar surface area (TPSA) is 62.4 Å². The van der Waals surface area contributed by atoms with Gasteiger partial charge in [-0.3, -0.25) is 0 Å². The summed E-state index contributed by atoms with van der Waals surface area (Å²) < 4.78 is 33.2. The zero-order chi connectivity index (χ0) is 15.3. The van der Waals surface area contributed by atoms with Crippen LogP contribution in [-0.4, -0.2) is 40.2 Å². The van der Waals surface area contributed by atoms with Crippen molar-refractivity contribution in [2.24, 2.45) is 0 Å². The predicted octanol–water partition coefficient (Wildman–Crippen LogP) is 2.58. The quantitative estimate of drug-likeness (QED) is 0.748. The summed E-state index contributed by atoms with van der Waals surface area (Å²) in [5.41, 5.74) is 1.58. The van der Waals surface area contributed by atoms with Crippen molar-refractivity contribution >= 4 is 27.9 Å². The number of anilines is 1. The van der Waals surface area contributed by atoms with Gasteiger partial charge in [-0.1, -0.05) is 12.1 Å². The molecule has 1 aromatic carbocycles. The second kappa shape index (κ2) is 4.61. The molecular formula is C15H13F2N3O2. The molecule has 1 fully saturated rings. The van der Waals surface area contributed by atoms with Gasteiger partial charge in [0.2, 0.25) is 0 Å². The fraction of sp³-hybridized carbons (Fsp3) is 0.333. The molecule has 0 radical (unpaired) electrons. The fourth-order valence-electron chi connectivity index (χ4n) is 2.97. The Morgan fingerprint density at radius 3 is 2.91 bits per heavy atom. The Balaban J connectivity index is 1.88. The summed E-state index contributed by atoms with van der Waals surface area (Å²) in [5, 5.41) is 10.5. The van der Waals surface area contributed by atoms with Gasteiger partial charge in [-0.05, 0) is 12.1 Å². The summed E-state index contributed by atoms with van der Waals surface area (Å²) in [4.78, 5) is 9.66. The average Bonchev–Trinajstić information content (AvgIpc) is 2.83. The summed E-state index contributed by atoms with van der Waals surface area (Å²) in [5.74, 6) is -2.67. The van der Waals surface area contributed by atoms with Gasteiger partial charge < -0.3 is 14.4 Å². The third kappa shape index (κ3) is 2.09. The van der Waals surface area contributed by atoms with E-state index in [1.54, 1.807) is 6.07 Å². The fourth-order valence-corrected chi connectivity index (χ4v) is 2.97. The van der Waals surface area contributed by atoms with E-state index in [-0.39, 0.29) is 6.54 Å². The van der Waals surface area contributed by atoms with Crippen LogP contribution >= 0.6 is 0 Å². The maximum atomic E-state index is 13.7. The second-order valence-corrected chi connectivity index (χ2v) is 5.57. The molecule has 22 heavy (non-hydrogen) atoms. The van der Waals surface area contributed by atoms with Crippen LogP contribution in [-0.2, 0) is 0 Å². The second-order valence-electron chi connectivity index (χ2n) is 5.57. The van der Waals surface area contributed by atoms with E-state index in [0.29, 0.717) is 22.5 Å². The van der Waals surface area contributed by atoms with Gasteiger partial charge in [0, 0.05) is 18.4 Å². The lowest BCUT2D eigenvalue weighted by atomic mass is 10.0. The van der Waals surface area contributed by atoms with Gasteiger partial charge in [0.25, 0.3) is 5.92 Å². The number of fused-ring (bicyclic) bond motifs is 3. The Morgan fingerprint density at radius 2 is 2.09 bits per heavy atom. The number of hydrogen-bond acceptors (Lipinski definition) is 5. The van der Waals surface area contributed by atoms with E-state index in [0.717, 1.165) is 5.39 Å². The highest BCUT2D eigenvalue weighted by Crippen LogP contribution is 2.35. The molecule has 0 bridgehead atoms. The van der Waals surface area contributed by atoms with Gasteiger partial charge in [-0.2, -0.15) is 0 Å². The zero-order valence-corrected chi connectivity index (χ0v) is 11.5. The normalized spacial score (nSPS) is 21.6. The Labute approximate surface area is 124 Å². The molecule has 3 aromatic rings. The highest BCUT2D eigenvalue weighted by atomic mass is 19.3. The molecule has 1 saturated heterocycles. The zero-order valence-electron chi connectivity index (χ0n) is 11.5. The van der Waals surface area contributed by atoms with E-state index < -0.39 is 25.0 Å². The van der Waals surface area contributed by atoms with Gasteiger partial charge in [0.1, 0.15) is 17.4 Å². The molecule has 3 heterocycles. The lowest BCUT2D eigenvalue weighted by Crippen LogP contribution is -2.49. The van der Waals surface area contributed by atoms with E-state index in [4.69, 9.17) is 4.42 Å². The van der Waals surface area contributed by atoms with Gasteiger partial charge in [0.15, 0.2) is 11.4 Å². The van der Waals surface area contributed by atoms with E-state index >= 15 is 0 Å². The van der Waals surface area contributed by atoms with Crippen LogP contribution < -0.4 is 4.90 Å². The highest BCUT2D eigenvalue weighted by molar-refractivity contribution is 6.05. The van der Waals surface area contributed by atoms with Crippen molar-refractivity contribution in [3.8, 4) is 0 Å². The monoisotopic (exact) mass is 305 g/mol. The van der Waals surface area contributed by atoms with Crippen molar-refractivity contribution in [1.29, 1.82) is 0 Å². The van der Waals surface area contributed by atoms with Crippen molar-refractivity contribution in [2.45, 2.75) is 18.4 Å². The van der Waals surface area contributed by atoms with Crippen molar-refractivity contribution in [3.05, 3.63) is 30.6 Å². The lowest BCUT2D eigenvalue weighted by molar-refractivity contribution is -0.0531. The van der Waals surface area contributed by atoms with Crippen LogP contribution in [0.25, 0.3) is 22.1 Å². The third-order valence-electron chi connectivity index (χ3n) is 3.83. The number of piperidine rings is 1. The number of rotatable bonds is 1. The molecule has 0 saturated carbocycles. The summed E-state index contributed by atoms with van der Waals surface area (Å²) in [6, 6.07) is 7.34. The summed E-state index contributed by atoms with van der Waals surface area (Å²) in [7, 11) is 0. The van der Waals surface area contributed by atoms with Gasteiger partial charge in [0.05, 0.1) is 12.6 Å². The van der Waals surface area contributed by atoms with Crippen molar-refractivity contribution in [3.63, 3.8) is 0 Å². The minimum atomic E-state index is -2.96. The van der Waals surface area contributed by atoms with Crippen molar-refractivity contribution in [2.75, 3.05) is 18.0 Å². The molecule has 5 nitrogen and oxygen atoms in total. The SMILES string of the molecule is OC1CN(c2ncnc3c2oc2ccccc23)CC(F)(F)C1. The minimum Gasteiger partial charge on any atom is -0.450 e. The molecule has 114 valence electrons. The number of halogens is 2. The first-order valence-corrected chi connectivity index (χ1v) is 6.97. The molecule has 0 amide bonds. The number of benzene rings is 1. The van der Waals surface area contributed by atoms with Gasteiger partial charge in [-0.25, -0.2) is 18.7 Å². The van der Waals surface area contributed by atoms with E-state index in [2.05, 4.69) is 9.97 Å². The van der Waals surface area contributed by atoms with Crippen LogP contribution in [0.4, 0.5) is 14.6 Å². The molecule has 1 aliphatic heterocycles. The number of hydrogen-bond donors (Lipinski definition) is 1. The molecule has 2 aromatic heterocycles. The van der Waals surface area contributed by atoms with Crippen LogP contribution in [0, 0.1) is 0 Å². The molecule has 4 rings (SSSR count). The first-order valence-electron chi connectivity index (χ1n) is 6.97. The molecule has 0 spiro atoms. The Bertz CT molecular complexity index is 849. The maximum absolute atomic E-state index is 13.7. The number of furan rings is 1. The molecule has 7 heteroatoms. The standard InChI is InChI=1S/C15H13F2N3O2/c16-15(17)5-9(21)6-20(7-15)14-13-12(18-8-19-14)10-3-1-2-4-11(10)22-13/h1-4,8-9,21H,5-7H2. The lowest BCUT2D eigenvalue weighted by Gasteiger charge is -2.35. The first kappa shape index (κ1) is 13.4. The molecule has 1 unspecified atom stereocenters. The van der Waals surface area contributed by atoms with Gasteiger partial charge >= 0.3 is 0 Å². The number of nitrogens with zero attached hydrogens (tertiary/aromatic N) is 3. The van der Waals surface area contributed by atoms with E-state index in [1.165, 1.54) is 11.2 Å². The molecule has 1 atom stereocenters. The number of aromatic nitrogens is 2. The van der Waals surface area contributed by atoms with Gasteiger partial charge in [-0.15, -0.1) is 0 Å². The van der Waals surface area contributed by atoms with Crippen molar-refractivity contribution in [1.82, 2.24) is 9.97 Å². The number of para-hydroxylation sites is 1. The van der Waals surface area contributed by atoms with Crippen LogP contribution in [0.5, 0.6) is 0 Å². The summed E-state index contributed by atoms with van der Waals surface area (Å²) in [6.45, 7) is -0.397. The molecule has 0 aliphatic carbocycles. The summed E-state index contributed by atoms with van der Waals surface area (Å²) in [6.07, 6.45) is -0.297. The average molecular weight is 305 g/mol. The molecule has 1 aliphatic rings. The number of β-amino-alcohol motifs (C(OH)–C–C–N with tert-alkyl or cyclic N) is 1. The van der Waals surface area contributed by atoms with Crippen LogP contribution in [0.2, 0.25) is 0 Å². The predicted molar refractivity (Wildman–Crippen MR) is 77.1 cm³/mol. The highest BCUT2D eigenvalue weighted by Gasteiger charge is 2.41. The smallest absolute Gasteiger partial charge is 0.267 e. The number of alkyl halides is 2. The van der Waals surface area contributed by atoms with Crippen LogP contribution in [0.15, 0.2) is 35.0 Å². The third-order valence-corrected chi connectivity index (χ3v) is 3.83. The van der Waals surface area contributed by atoms with Crippen LogP contribution in [0.1, 0.15) is 6.42 Å². The minimum absolute atomic E-state index is 0.0960. The Morgan fingerprint density at radius 1 is 1.27 bits per heavy atom. The molecule has 1 N–H and O–H groups in total. The van der Waals surface area contributed by atoms with E-state index in [1.807, 2.05) is 18.2 Å². The number of aliphatic hydroxyl groups excluding tert-OH is 1. The Kier molecular flexibility index (Phi) is 2.80. The maximum Gasteiger partial charge on any atom is 0.267 e. The first-order chi connectivity index (χ1) is 10.5. The Hall–Kier alpha value is -2.28. The molecular weight excluding hydrogens is 292 g/mol. The van der Waals surface area contributed by atoms with Crippen LogP contribution in [0.3, 0.4) is 0 Å². The summed E-state index contributed by atoms with van der Waals surface area (Å²) >= 11 is 0. The van der Waals surface area contributed by atoms with Crippen molar-refractivity contribution < 1.29 is 18.3 Å². The number of aliphatic hydroxyl groups is 1. The van der Waals surface area contributed by atoms with E-state index in [9.17, 15) is 13.9 Å².